The molecule has 1 saturated carbocycles. The van der Waals surface area contributed by atoms with Crippen LogP contribution < -0.4 is 15.2 Å². The first kappa shape index (κ1) is 13.8. The fraction of sp³-hybridized carbons (Fsp3) is 0.417. The molecule has 104 valence electrons. The van der Waals surface area contributed by atoms with Gasteiger partial charge in [-0.05, 0) is 30.9 Å². The van der Waals surface area contributed by atoms with Crippen LogP contribution in [-0.2, 0) is 14.8 Å². The van der Waals surface area contributed by atoms with E-state index in [1.54, 1.807) is 0 Å². The maximum atomic E-state index is 11.6. The summed E-state index contributed by atoms with van der Waals surface area (Å²) >= 11 is 0. The lowest BCUT2D eigenvalue weighted by molar-refractivity contribution is -0.116. The van der Waals surface area contributed by atoms with E-state index in [0.29, 0.717) is 18.0 Å². The Kier molecular flexibility index (Phi) is 3.77. The summed E-state index contributed by atoms with van der Waals surface area (Å²) in [5, 5.41) is 7.78. The van der Waals surface area contributed by atoms with Gasteiger partial charge in [0.1, 0.15) is 10.6 Å². The van der Waals surface area contributed by atoms with Crippen molar-refractivity contribution >= 4 is 21.6 Å². The van der Waals surface area contributed by atoms with Crippen molar-refractivity contribution in [2.75, 3.05) is 12.4 Å². The molecular formula is C12H16N2O4S. The van der Waals surface area contributed by atoms with E-state index in [0.717, 1.165) is 12.8 Å². The van der Waals surface area contributed by atoms with Gasteiger partial charge >= 0.3 is 0 Å². The van der Waals surface area contributed by atoms with Gasteiger partial charge in [-0.1, -0.05) is 0 Å². The molecule has 0 heterocycles. The van der Waals surface area contributed by atoms with E-state index < -0.39 is 10.0 Å². The third kappa shape index (κ3) is 3.68. The predicted molar refractivity (Wildman–Crippen MR) is 70.3 cm³/mol. The number of hydrogen-bond acceptors (Lipinski definition) is 4. The lowest BCUT2D eigenvalue weighted by Gasteiger charge is -2.10. The first-order valence-corrected chi connectivity index (χ1v) is 7.45. The van der Waals surface area contributed by atoms with Gasteiger partial charge in [0.05, 0.1) is 7.11 Å². The van der Waals surface area contributed by atoms with E-state index in [9.17, 15) is 13.2 Å². The van der Waals surface area contributed by atoms with Crippen LogP contribution in [0.15, 0.2) is 23.1 Å². The Morgan fingerprint density at radius 1 is 1.47 bits per heavy atom. The van der Waals surface area contributed by atoms with Crippen LogP contribution in [0.5, 0.6) is 5.75 Å². The van der Waals surface area contributed by atoms with E-state index >= 15 is 0 Å². The van der Waals surface area contributed by atoms with E-state index in [4.69, 9.17) is 9.88 Å². The molecule has 7 heteroatoms. The lowest BCUT2D eigenvalue weighted by atomic mass is 10.2. The third-order valence-corrected chi connectivity index (χ3v) is 3.88. The van der Waals surface area contributed by atoms with Crippen molar-refractivity contribution in [1.82, 2.24) is 0 Å². The Bertz CT molecular complexity index is 594. The normalized spacial score (nSPS) is 15.1. The number of sulfonamides is 1. The second-order valence-electron chi connectivity index (χ2n) is 4.61. The lowest BCUT2D eigenvalue weighted by Crippen LogP contribution is -2.15. The van der Waals surface area contributed by atoms with Gasteiger partial charge in [-0.2, -0.15) is 0 Å². The van der Waals surface area contributed by atoms with Gasteiger partial charge in [0.15, 0.2) is 0 Å². The van der Waals surface area contributed by atoms with Crippen LogP contribution in [0.1, 0.15) is 19.3 Å². The Labute approximate surface area is 112 Å². The number of nitrogens with two attached hydrogens (primary N) is 1. The summed E-state index contributed by atoms with van der Waals surface area (Å²) in [5.74, 6) is 0.533. The molecule has 1 aromatic rings. The Balaban J connectivity index is 2.16. The highest BCUT2D eigenvalue weighted by molar-refractivity contribution is 7.89. The van der Waals surface area contributed by atoms with Crippen molar-refractivity contribution in [3.63, 3.8) is 0 Å². The van der Waals surface area contributed by atoms with E-state index in [2.05, 4.69) is 5.32 Å². The standard InChI is InChI=1S/C12H16N2O4S/c1-18-10-7-9(4-5-11(10)19(13,16)17)14-12(15)6-8-2-3-8/h4-5,7-8H,2-3,6H2,1H3,(H,14,15)(H2,13,16,17). The van der Waals surface area contributed by atoms with Gasteiger partial charge in [0.2, 0.25) is 15.9 Å². The quantitative estimate of drug-likeness (QED) is 0.845. The number of benzene rings is 1. The first-order chi connectivity index (χ1) is 8.90. The zero-order chi connectivity index (χ0) is 14.0. The minimum absolute atomic E-state index is 0.0760. The van der Waals surface area contributed by atoms with Crippen molar-refractivity contribution in [2.24, 2.45) is 11.1 Å². The molecule has 0 aliphatic heterocycles. The van der Waals surface area contributed by atoms with Gasteiger partial charge < -0.3 is 10.1 Å². The monoisotopic (exact) mass is 284 g/mol. The Hall–Kier alpha value is -1.60. The molecular weight excluding hydrogens is 268 g/mol. The van der Waals surface area contributed by atoms with Crippen LogP contribution in [0.2, 0.25) is 0 Å². The van der Waals surface area contributed by atoms with Crippen molar-refractivity contribution in [3.05, 3.63) is 18.2 Å². The highest BCUT2D eigenvalue weighted by Gasteiger charge is 2.24. The van der Waals surface area contributed by atoms with Crippen LogP contribution in [-0.4, -0.2) is 21.4 Å². The molecule has 1 fully saturated rings. The fourth-order valence-electron chi connectivity index (χ4n) is 1.78. The second-order valence-corrected chi connectivity index (χ2v) is 6.14. The zero-order valence-corrected chi connectivity index (χ0v) is 11.4. The second kappa shape index (κ2) is 5.18. The molecule has 0 saturated heterocycles. The molecule has 0 unspecified atom stereocenters. The molecule has 1 aliphatic carbocycles. The van der Waals surface area contributed by atoms with Gasteiger partial charge in [-0.3, -0.25) is 4.79 Å². The van der Waals surface area contributed by atoms with Gasteiger partial charge in [-0.15, -0.1) is 0 Å². The fourth-order valence-corrected chi connectivity index (χ4v) is 2.46. The predicted octanol–water partition coefficient (Wildman–Crippen LogP) is 1.08. The summed E-state index contributed by atoms with van der Waals surface area (Å²) in [6.07, 6.45) is 2.70. The Morgan fingerprint density at radius 3 is 2.68 bits per heavy atom. The van der Waals surface area contributed by atoms with Crippen molar-refractivity contribution in [1.29, 1.82) is 0 Å². The maximum absolute atomic E-state index is 11.6. The van der Waals surface area contributed by atoms with Gasteiger partial charge in [0, 0.05) is 18.2 Å². The summed E-state index contributed by atoms with van der Waals surface area (Å²) in [7, 11) is -2.49. The summed E-state index contributed by atoms with van der Waals surface area (Å²) in [5.41, 5.74) is 0.495. The van der Waals surface area contributed by atoms with Crippen molar-refractivity contribution in [3.8, 4) is 5.75 Å². The summed E-state index contributed by atoms with van der Waals surface area (Å²) in [6, 6.07) is 4.26. The van der Waals surface area contributed by atoms with Crippen LogP contribution in [0.3, 0.4) is 0 Å². The average molecular weight is 284 g/mol. The number of methoxy groups -OCH3 is 1. The van der Waals surface area contributed by atoms with E-state index in [1.807, 2.05) is 0 Å². The molecule has 3 N–H and O–H groups in total. The van der Waals surface area contributed by atoms with Crippen LogP contribution in [0.4, 0.5) is 5.69 Å². The van der Waals surface area contributed by atoms with Crippen molar-refractivity contribution in [2.45, 2.75) is 24.2 Å². The average Bonchev–Trinajstić information content (AvgIpc) is 3.11. The van der Waals surface area contributed by atoms with E-state index in [1.165, 1.54) is 25.3 Å². The molecule has 1 aliphatic rings. The molecule has 2 rings (SSSR count). The topological polar surface area (TPSA) is 98.5 Å². The van der Waals surface area contributed by atoms with Gasteiger partial charge in [-0.25, -0.2) is 13.6 Å². The molecule has 0 spiro atoms. The molecule has 6 nitrogen and oxygen atoms in total. The van der Waals surface area contributed by atoms with Crippen LogP contribution in [0, 0.1) is 5.92 Å². The number of carbonyl (C=O) groups excluding carboxylic acids is 1. The molecule has 1 amide bonds. The van der Waals surface area contributed by atoms with Crippen molar-refractivity contribution < 1.29 is 17.9 Å². The number of anilines is 1. The molecule has 0 atom stereocenters. The molecule has 0 aromatic heterocycles. The van der Waals surface area contributed by atoms with Crippen LogP contribution >= 0.6 is 0 Å². The Morgan fingerprint density at radius 2 is 2.16 bits per heavy atom. The molecule has 0 bridgehead atoms. The number of ether oxygens (including phenoxy) is 1. The molecule has 0 radical (unpaired) electrons. The van der Waals surface area contributed by atoms with Gasteiger partial charge in [0.25, 0.3) is 0 Å². The summed E-state index contributed by atoms with van der Waals surface area (Å²) < 4.78 is 27.6. The number of nitrogens with one attached hydrogen (secondary N) is 1. The minimum atomic E-state index is -3.84. The molecule has 19 heavy (non-hydrogen) atoms. The first-order valence-electron chi connectivity index (χ1n) is 5.91. The highest BCUT2D eigenvalue weighted by Crippen LogP contribution is 2.33. The molecule has 1 aromatic carbocycles. The number of carbonyl (C=O) groups is 1. The minimum Gasteiger partial charge on any atom is -0.495 e. The number of hydrogen-bond donors (Lipinski definition) is 2. The maximum Gasteiger partial charge on any atom is 0.241 e. The summed E-state index contributed by atoms with van der Waals surface area (Å²) in [6.45, 7) is 0. The van der Waals surface area contributed by atoms with E-state index in [-0.39, 0.29) is 16.6 Å². The number of primary sulfonamides is 1. The summed E-state index contributed by atoms with van der Waals surface area (Å²) in [4.78, 5) is 11.5. The largest absolute Gasteiger partial charge is 0.495 e. The smallest absolute Gasteiger partial charge is 0.241 e. The highest BCUT2D eigenvalue weighted by atomic mass is 32.2. The zero-order valence-electron chi connectivity index (χ0n) is 10.5. The number of amides is 1. The van der Waals surface area contributed by atoms with Crippen LogP contribution in [0.25, 0.3) is 0 Å². The third-order valence-electron chi connectivity index (χ3n) is 2.92. The number of rotatable bonds is 5. The SMILES string of the molecule is COc1cc(NC(=O)CC2CC2)ccc1S(N)(=O)=O.